The van der Waals surface area contributed by atoms with Gasteiger partial charge in [-0.1, -0.05) is 25.4 Å². The van der Waals surface area contributed by atoms with Crippen molar-refractivity contribution in [1.29, 1.82) is 0 Å². The highest BCUT2D eigenvalue weighted by Gasteiger charge is 2.31. The van der Waals surface area contributed by atoms with Gasteiger partial charge < -0.3 is 15.7 Å². The highest BCUT2D eigenvalue weighted by atomic mass is 35.5. The predicted molar refractivity (Wildman–Crippen MR) is 82.0 cm³/mol. The molecule has 5 nitrogen and oxygen atoms in total. The average Bonchev–Trinajstić information content (AvgIpc) is 2.70. The number of halogens is 1. The average molecular weight is 311 g/mol. The lowest BCUT2D eigenvalue weighted by molar-refractivity contribution is 0.0697. The molecule has 21 heavy (non-hydrogen) atoms. The van der Waals surface area contributed by atoms with Crippen LogP contribution in [0.2, 0.25) is 5.02 Å². The second-order valence-electron chi connectivity index (χ2n) is 6.20. The SMILES string of the molecule is CC1(C)CCC(NC(=O)Nc2ccc(C(=O)O)cc2Cl)C1. The fraction of sp³-hybridized carbons (Fsp3) is 0.467. The molecule has 3 N–H and O–H groups in total. The summed E-state index contributed by atoms with van der Waals surface area (Å²) in [4.78, 5) is 22.8. The largest absolute Gasteiger partial charge is 0.478 e. The molecule has 0 aromatic heterocycles. The third kappa shape index (κ3) is 4.11. The number of nitrogens with one attached hydrogen (secondary N) is 2. The molecule has 1 saturated carbocycles. The maximum atomic E-state index is 12.0. The standard InChI is InChI=1S/C15H19ClN2O3/c1-15(2)6-5-10(8-15)17-14(21)18-12-4-3-9(13(19)20)7-11(12)16/h3-4,7,10H,5-6,8H2,1-2H3,(H,19,20)(H2,17,18,21). The summed E-state index contributed by atoms with van der Waals surface area (Å²) >= 11 is 5.97. The van der Waals surface area contributed by atoms with Crippen molar-refractivity contribution in [1.82, 2.24) is 5.32 Å². The number of hydrogen-bond acceptors (Lipinski definition) is 2. The van der Waals surface area contributed by atoms with Crippen molar-refractivity contribution in [2.45, 2.75) is 39.2 Å². The number of carbonyl (C=O) groups excluding carboxylic acids is 1. The number of carboxylic acids is 1. The zero-order valence-electron chi connectivity index (χ0n) is 12.1. The summed E-state index contributed by atoms with van der Waals surface area (Å²) in [5.74, 6) is -1.05. The van der Waals surface area contributed by atoms with Crippen LogP contribution >= 0.6 is 11.6 Å². The third-order valence-electron chi connectivity index (χ3n) is 3.77. The van der Waals surface area contributed by atoms with Gasteiger partial charge >= 0.3 is 12.0 Å². The van der Waals surface area contributed by atoms with E-state index in [0.29, 0.717) is 5.69 Å². The zero-order chi connectivity index (χ0) is 15.6. The van der Waals surface area contributed by atoms with E-state index in [4.69, 9.17) is 16.7 Å². The minimum absolute atomic E-state index is 0.0866. The molecule has 0 aliphatic heterocycles. The van der Waals surface area contributed by atoms with Crippen LogP contribution in [0.5, 0.6) is 0 Å². The van der Waals surface area contributed by atoms with Gasteiger partial charge in [0.15, 0.2) is 0 Å². The molecule has 1 aliphatic carbocycles. The first kappa shape index (κ1) is 15.6. The van der Waals surface area contributed by atoms with E-state index < -0.39 is 5.97 Å². The zero-order valence-corrected chi connectivity index (χ0v) is 12.8. The van der Waals surface area contributed by atoms with Gasteiger partial charge in [0, 0.05) is 6.04 Å². The molecule has 0 saturated heterocycles. The van der Waals surface area contributed by atoms with Crippen LogP contribution in [0.25, 0.3) is 0 Å². The molecule has 1 fully saturated rings. The summed E-state index contributed by atoms with van der Waals surface area (Å²) in [7, 11) is 0. The maximum Gasteiger partial charge on any atom is 0.335 e. The van der Waals surface area contributed by atoms with Crippen LogP contribution in [0.3, 0.4) is 0 Å². The number of hydrogen-bond donors (Lipinski definition) is 3. The summed E-state index contributed by atoms with van der Waals surface area (Å²) < 4.78 is 0. The Hall–Kier alpha value is -1.75. The Bertz CT molecular complexity index is 572. The Labute approximate surface area is 128 Å². The number of benzene rings is 1. The number of rotatable bonds is 3. The van der Waals surface area contributed by atoms with Crippen LogP contribution < -0.4 is 10.6 Å². The van der Waals surface area contributed by atoms with E-state index in [1.807, 2.05) is 0 Å². The molecule has 0 heterocycles. The van der Waals surface area contributed by atoms with Crippen LogP contribution in [0.1, 0.15) is 43.5 Å². The van der Waals surface area contributed by atoms with E-state index in [-0.39, 0.29) is 28.1 Å². The number of urea groups is 1. The van der Waals surface area contributed by atoms with Crippen molar-refractivity contribution in [2.75, 3.05) is 5.32 Å². The van der Waals surface area contributed by atoms with Crippen LogP contribution in [0, 0.1) is 5.41 Å². The predicted octanol–water partition coefficient (Wildman–Crippen LogP) is 3.74. The monoisotopic (exact) mass is 310 g/mol. The number of anilines is 1. The number of carboxylic acid groups (broad SMARTS) is 1. The van der Waals surface area contributed by atoms with Crippen LogP contribution in [0.15, 0.2) is 18.2 Å². The first-order valence-electron chi connectivity index (χ1n) is 6.87. The quantitative estimate of drug-likeness (QED) is 0.795. The van der Waals surface area contributed by atoms with Gasteiger partial charge in [0.25, 0.3) is 0 Å². The highest BCUT2D eigenvalue weighted by molar-refractivity contribution is 6.34. The molecule has 2 rings (SSSR count). The minimum atomic E-state index is -1.05. The molecule has 6 heteroatoms. The van der Waals surface area contributed by atoms with E-state index in [0.717, 1.165) is 19.3 Å². The van der Waals surface area contributed by atoms with Crippen LogP contribution in [0.4, 0.5) is 10.5 Å². The summed E-state index contributed by atoms with van der Waals surface area (Å²) in [6.45, 7) is 4.38. The van der Waals surface area contributed by atoms with Crippen molar-refractivity contribution in [3.63, 3.8) is 0 Å². The molecule has 1 aromatic rings. The van der Waals surface area contributed by atoms with Crippen molar-refractivity contribution < 1.29 is 14.7 Å². The molecular formula is C15H19ClN2O3. The van der Waals surface area contributed by atoms with Crippen LogP contribution in [-0.4, -0.2) is 23.1 Å². The van der Waals surface area contributed by atoms with Gasteiger partial charge in [-0.05, 0) is 42.9 Å². The second-order valence-corrected chi connectivity index (χ2v) is 6.61. The van der Waals surface area contributed by atoms with Crippen molar-refractivity contribution in [2.24, 2.45) is 5.41 Å². The topological polar surface area (TPSA) is 78.4 Å². The first-order chi connectivity index (χ1) is 9.77. The maximum absolute atomic E-state index is 12.0. The van der Waals surface area contributed by atoms with Crippen molar-refractivity contribution in [3.05, 3.63) is 28.8 Å². The Morgan fingerprint density at radius 3 is 2.62 bits per heavy atom. The van der Waals surface area contributed by atoms with E-state index in [2.05, 4.69) is 24.5 Å². The minimum Gasteiger partial charge on any atom is -0.478 e. The normalized spacial score (nSPS) is 20.0. The number of aromatic carboxylic acids is 1. The second kappa shape index (κ2) is 5.93. The summed E-state index contributed by atoms with van der Waals surface area (Å²) in [5, 5.41) is 14.6. The summed E-state index contributed by atoms with van der Waals surface area (Å²) in [6.07, 6.45) is 3.00. The summed E-state index contributed by atoms with van der Waals surface area (Å²) in [5.41, 5.74) is 0.749. The molecule has 1 unspecified atom stereocenters. The van der Waals surface area contributed by atoms with E-state index >= 15 is 0 Å². The van der Waals surface area contributed by atoms with Gasteiger partial charge in [-0.15, -0.1) is 0 Å². The molecule has 114 valence electrons. The third-order valence-corrected chi connectivity index (χ3v) is 4.08. The molecule has 1 aliphatic rings. The molecular weight excluding hydrogens is 292 g/mol. The lowest BCUT2D eigenvalue weighted by Crippen LogP contribution is -2.36. The van der Waals surface area contributed by atoms with Gasteiger partial charge in [-0.3, -0.25) is 0 Å². The Balaban J connectivity index is 1.95. The fourth-order valence-electron chi connectivity index (χ4n) is 2.65. The molecule has 0 bridgehead atoms. The number of amides is 2. The van der Waals surface area contributed by atoms with Crippen LogP contribution in [-0.2, 0) is 0 Å². The van der Waals surface area contributed by atoms with E-state index in [9.17, 15) is 9.59 Å². The molecule has 1 atom stereocenters. The van der Waals surface area contributed by atoms with Gasteiger partial charge in [0.05, 0.1) is 16.3 Å². The molecule has 0 spiro atoms. The lowest BCUT2D eigenvalue weighted by atomic mass is 9.92. The summed E-state index contributed by atoms with van der Waals surface area (Å²) in [6, 6.07) is 4.06. The smallest absolute Gasteiger partial charge is 0.335 e. The van der Waals surface area contributed by atoms with E-state index in [1.54, 1.807) is 0 Å². The Kier molecular flexibility index (Phi) is 4.42. The van der Waals surface area contributed by atoms with Crippen molar-refractivity contribution >= 4 is 29.3 Å². The van der Waals surface area contributed by atoms with Gasteiger partial charge in [-0.2, -0.15) is 0 Å². The molecule has 0 radical (unpaired) electrons. The van der Waals surface area contributed by atoms with Crippen molar-refractivity contribution in [3.8, 4) is 0 Å². The van der Waals surface area contributed by atoms with Gasteiger partial charge in [0.2, 0.25) is 0 Å². The fourth-order valence-corrected chi connectivity index (χ4v) is 2.88. The van der Waals surface area contributed by atoms with E-state index in [1.165, 1.54) is 18.2 Å². The first-order valence-corrected chi connectivity index (χ1v) is 7.25. The van der Waals surface area contributed by atoms with Gasteiger partial charge in [0.1, 0.15) is 0 Å². The van der Waals surface area contributed by atoms with Gasteiger partial charge in [-0.25, -0.2) is 9.59 Å². The number of carbonyl (C=O) groups is 2. The highest BCUT2D eigenvalue weighted by Crippen LogP contribution is 2.36. The Morgan fingerprint density at radius 2 is 2.10 bits per heavy atom. The lowest BCUT2D eigenvalue weighted by Gasteiger charge is -2.18. The Morgan fingerprint density at radius 1 is 1.38 bits per heavy atom. The molecule has 2 amide bonds. The molecule has 1 aromatic carbocycles.